The van der Waals surface area contributed by atoms with Crippen LogP contribution in [0.4, 0.5) is 9.59 Å². The first-order chi connectivity index (χ1) is 15.5. The van der Waals surface area contributed by atoms with Crippen molar-refractivity contribution in [3.05, 3.63) is 58.7 Å². The van der Waals surface area contributed by atoms with Crippen LogP contribution in [0.25, 0.3) is 0 Å². The summed E-state index contributed by atoms with van der Waals surface area (Å²) < 4.78 is 20.4. The molecule has 1 aliphatic carbocycles. The molecule has 0 bridgehead atoms. The second-order valence-corrected chi connectivity index (χ2v) is 7.12. The summed E-state index contributed by atoms with van der Waals surface area (Å²) in [4.78, 5) is 50.4. The molecule has 8 nitrogen and oxygen atoms in total. The van der Waals surface area contributed by atoms with Crippen molar-refractivity contribution in [1.29, 1.82) is 0 Å². The number of fused-ring (bicyclic) bond motifs is 2. The number of benzene rings is 2. The van der Waals surface area contributed by atoms with Gasteiger partial charge < -0.3 is 18.9 Å². The number of carbonyl (C=O) groups excluding carboxylic acids is 4. The van der Waals surface area contributed by atoms with Crippen molar-refractivity contribution in [2.75, 3.05) is 13.2 Å². The van der Waals surface area contributed by atoms with Crippen LogP contribution in [-0.4, -0.2) is 37.1 Å². The van der Waals surface area contributed by atoms with Gasteiger partial charge in [0.15, 0.2) is 11.6 Å². The molecule has 32 heavy (non-hydrogen) atoms. The molecule has 0 spiro atoms. The van der Waals surface area contributed by atoms with Crippen LogP contribution in [0, 0.1) is 0 Å². The third-order valence-corrected chi connectivity index (χ3v) is 4.82. The molecule has 0 saturated carbocycles. The molecule has 1 aliphatic rings. The Kier molecular flexibility index (Phi) is 7.59. The van der Waals surface area contributed by atoms with Crippen LogP contribution >= 0.6 is 0 Å². The Balaban J connectivity index is 1.88. The molecule has 0 saturated heterocycles. The highest BCUT2D eigenvalue weighted by Crippen LogP contribution is 2.37. The summed E-state index contributed by atoms with van der Waals surface area (Å²) in [5.74, 6) is -1.20. The van der Waals surface area contributed by atoms with E-state index in [0.717, 1.165) is 12.8 Å². The van der Waals surface area contributed by atoms with Gasteiger partial charge in [0.1, 0.15) is 11.5 Å². The van der Waals surface area contributed by atoms with Crippen LogP contribution in [0.5, 0.6) is 11.5 Å². The van der Waals surface area contributed by atoms with Gasteiger partial charge in [-0.05, 0) is 25.0 Å². The first-order valence-electron chi connectivity index (χ1n) is 10.5. The Morgan fingerprint density at radius 1 is 0.688 bits per heavy atom. The minimum Gasteiger partial charge on any atom is -0.434 e. The molecule has 0 fully saturated rings. The number of hydrogen-bond acceptors (Lipinski definition) is 8. The van der Waals surface area contributed by atoms with E-state index < -0.39 is 23.9 Å². The highest BCUT2D eigenvalue weighted by molar-refractivity contribution is 6.30. The molecule has 0 N–H and O–H groups in total. The molecule has 0 amide bonds. The number of ether oxygens (including phenoxy) is 4. The maximum Gasteiger partial charge on any atom is 0.513 e. The van der Waals surface area contributed by atoms with Gasteiger partial charge in [-0.3, -0.25) is 9.59 Å². The molecule has 0 radical (unpaired) electrons. The number of ketones is 2. The molecular formula is C24H24O8. The van der Waals surface area contributed by atoms with Crippen LogP contribution in [0.3, 0.4) is 0 Å². The zero-order valence-corrected chi connectivity index (χ0v) is 18.0. The average Bonchev–Trinajstić information content (AvgIpc) is 2.77. The highest BCUT2D eigenvalue weighted by Gasteiger charge is 2.35. The van der Waals surface area contributed by atoms with Crippen molar-refractivity contribution in [1.82, 2.24) is 0 Å². The second-order valence-electron chi connectivity index (χ2n) is 7.12. The first kappa shape index (κ1) is 23.0. The van der Waals surface area contributed by atoms with Gasteiger partial charge in [-0.15, -0.1) is 0 Å². The van der Waals surface area contributed by atoms with Gasteiger partial charge in [-0.2, -0.15) is 0 Å². The SMILES string of the molecule is CCCCOC(=O)Oc1cccc2c1C(=O)c1cccc(OC(=O)OCCCC)c1C2=O. The van der Waals surface area contributed by atoms with E-state index in [0.29, 0.717) is 12.8 Å². The Morgan fingerprint density at radius 2 is 1.09 bits per heavy atom. The van der Waals surface area contributed by atoms with E-state index in [1.165, 1.54) is 36.4 Å². The molecule has 8 heteroatoms. The minimum atomic E-state index is -0.954. The number of rotatable bonds is 8. The smallest absolute Gasteiger partial charge is 0.434 e. The Labute approximate surface area is 185 Å². The van der Waals surface area contributed by atoms with E-state index in [-0.39, 0.29) is 47.0 Å². The molecule has 0 aromatic heterocycles. The zero-order chi connectivity index (χ0) is 23.1. The van der Waals surface area contributed by atoms with Gasteiger partial charge in [0.25, 0.3) is 0 Å². The van der Waals surface area contributed by atoms with E-state index in [2.05, 4.69) is 0 Å². The highest BCUT2D eigenvalue weighted by atomic mass is 16.7. The van der Waals surface area contributed by atoms with E-state index >= 15 is 0 Å². The lowest BCUT2D eigenvalue weighted by molar-refractivity contribution is 0.0914. The Bertz CT molecular complexity index is 957. The van der Waals surface area contributed by atoms with E-state index in [9.17, 15) is 19.2 Å². The standard InChI is InChI=1S/C24H24O8/c1-3-5-13-29-23(27)31-17-11-7-9-15-19(17)21(25)16-10-8-12-18(20(16)22(15)26)32-24(28)30-14-6-4-2/h7-12H,3-6,13-14H2,1-2H3. The van der Waals surface area contributed by atoms with Crippen LogP contribution in [0.2, 0.25) is 0 Å². The van der Waals surface area contributed by atoms with Gasteiger partial charge in [0.05, 0.1) is 24.3 Å². The lowest BCUT2D eigenvalue weighted by atomic mass is 9.83. The van der Waals surface area contributed by atoms with Crippen molar-refractivity contribution in [2.24, 2.45) is 0 Å². The van der Waals surface area contributed by atoms with Gasteiger partial charge in [0, 0.05) is 11.1 Å². The van der Waals surface area contributed by atoms with Crippen LogP contribution in [0.1, 0.15) is 71.4 Å². The van der Waals surface area contributed by atoms with E-state index in [1.54, 1.807) is 0 Å². The third kappa shape index (κ3) is 4.96. The molecule has 0 aliphatic heterocycles. The monoisotopic (exact) mass is 440 g/mol. The van der Waals surface area contributed by atoms with Crippen LogP contribution in [-0.2, 0) is 9.47 Å². The largest absolute Gasteiger partial charge is 0.513 e. The number of carbonyl (C=O) groups is 4. The molecule has 0 unspecified atom stereocenters. The molecule has 168 valence electrons. The summed E-state index contributed by atoms with van der Waals surface area (Å²) in [6, 6.07) is 8.72. The lowest BCUT2D eigenvalue weighted by Gasteiger charge is -2.21. The summed E-state index contributed by atoms with van der Waals surface area (Å²) in [7, 11) is 0. The van der Waals surface area contributed by atoms with Gasteiger partial charge in [-0.1, -0.05) is 51.0 Å². The van der Waals surface area contributed by atoms with Crippen molar-refractivity contribution in [2.45, 2.75) is 39.5 Å². The molecule has 3 rings (SSSR count). The quantitative estimate of drug-likeness (QED) is 0.271. The van der Waals surface area contributed by atoms with Gasteiger partial charge in [-0.25, -0.2) is 9.59 Å². The normalized spacial score (nSPS) is 11.9. The van der Waals surface area contributed by atoms with Gasteiger partial charge in [0.2, 0.25) is 0 Å². The fourth-order valence-electron chi connectivity index (χ4n) is 3.19. The van der Waals surface area contributed by atoms with Crippen LogP contribution < -0.4 is 9.47 Å². The maximum atomic E-state index is 13.2. The predicted molar refractivity (Wildman–Crippen MR) is 114 cm³/mol. The molecule has 0 heterocycles. The van der Waals surface area contributed by atoms with Crippen molar-refractivity contribution >= 4 is 23.9 Å². The molecule has 2 aromatic carbocycles. The predicted octanol–water partition coefficient (Wildman–Crippen LogP) is 5.09. The summed E-state index contributed by atoms with van der Waals surface area (Å²) in [5, 5.41) is 0. The molecular weight excluding hydrogens is 416 g/mol. The second kappa shape index (κ2) is 10.6. The number of unbranched alkanes of at least 4 members (excludes halogenated alkanes) is 2. The van der Waals surface area contributed by atoms with Crippen molar-refractivity contribution in [3.8, 4) is 11.5 Å². The Morgan fingerprint density at radius 3 is 1.47 bits per heavy atom. The zero-order valence-electron chi connectivity index (χ0n) is 18.0. The third-order valence-electron chi connectivity index (χ3n) is 4.82. The van der Waals surface area contributed by atoms with Crippen molar-refractivity contribution in [3.63, 3.8) is 0 Å². The number of hydrogen-bond donors (Lipinski definition) is 0. The van der Waals surface area contributed by atoms with E-state index in [4.69, 9.17) is 18.9 Å². The van der Waals surface area contributed by atoms with Crippen LogP contribution in [0.15, 0.2) is 36.4 Å². The van der Waals surface area contributed by atoms with E-state index in [1.807, 2.05) is 13.8 Å². The molecule has 2 aromatic rings. The van der Waals surface area contributed by atoms with Crippen molar-refractivity contribution < 1.29 is 38.1 Å². The first-order valence-corrected chi connectivity index (χ1v) is 10.5. The maximum absolute atomic E-state index is 13.2. The summed E-state index contributed by atoms with van der Waals surface area (Å²) in [6.45, 7) is 4.28. The Hall–Kier alpha value is -3.68. The fourth-order valence-corrected chi connectivity index (χ4v) is 3.19. The minimum absolute atomic E-state index is 0.0387. The average molecular weight is 440 g/mol. The molecule has 0 atom stereocenters. The summed E-state index contributed by atoms with van der Waals surface area (Å²) in [6.07, 6.45) is 1.13. The van der Waals surface area contributed by atoms with Gasteiger partial charge >= 0.3 is 12.3 Å². The fraction of sp³-hybridized carbons (Fsp3) is 0.333. The topological polar surface area (TPSA) is 105 Å². The lowest BCUT2D eigenvalue weighted by Crippen LogP contribution is -2.24. The summed E-state index contributed by atoms with van der Waals surface area (Å²) >= 11 is 0. The summed E-state index contributed by atoms with van der Waals surface area (Å²) in [5.41, 5.74) is -0.00579.